The number of phenols is 2. The van der Waals surface area contributed by atoms with E-state index in [1.807, 2.05) is 20.8 Å². The highest BCUT2D eigenvalue weighted by molar-refractivity contribution is 6.11. The molecule has 0 heterocycles. The zero-order valence-electron chi connectivity index (χ0n) is 13.0. The number of carbonyl (C=O) groups is 1. The highest BCUT2D eigenvalue weighted by Gasteiger charge is 2.38. The molecule has 1 aliphatic rings. The number of aliphatic hydroxyl groups is 1. The second kappa shape index (κ2) is 4.71. The Balaban J connectivity index is 2.59. The number of hydrogen-bond donors (Lipinski definition) is 3. The van der Waals surface area contributed by atoms with Crippen molar-refractivity contribution >= 4 is 16.6 Å². The van der Waals surface area contributed by atoms with E-state index in [9.17, 15) is 20.1 Å². The van der Waals surface area contributed by atoms with Gasteiger partial charge in [-0.05, 0) is 29.9 Å². The van der Waals surface area contributed by atoms with Crippen LogP contribution in [0.1, 0.15) is 53.7 Å². The molecular formula is C18H20O4. The van der Waals surface area contributed by atoms with E-state index in [1.54, 1.807) is 12.1 Å². The maximum atomic E-state index is 12.3. The number of phenolic OH excluding ortho intramolecular Hbond substituents is 2. The van der Waals surface area contributed by atoms with Crippen LogP contribution >= 0.6 is 0 Å². The molecule has 2 aromatic carbocycles. The average molecular weight is 300 g/mol. The van der Waals surface area contributed by atoms with Gasteiger partial charge in [0, 0.05) is 22.8 Å². The van der Waals surface area contributed by atoms with E-state index in [4.69, 9.17) is 0 Å². The Morgan fingerprint density at radius 3 is 2.45 bits per heavy atom. The van der Waals surface area contributed by atoms with Crippen molar-refractivity contribution in [2.24, 2.45) is 0 Å². The van der Waals surface area contributed by atoms with E-state index in [-0.39, 0.29) is 34.9 Å². The maximum absolute atomic E-state index is 12.3. The number of aromatic hydroxyl groups is 2. The molecule has 0 atom stereocenters. The Bertz CT molecular complexity index is 803. The number of aryl methyl sites for hydroxylation is 1. The normalized spacial score (nSPS) is 16.8. The smallest absolute Gasteiger partial charge is 0.167 e. The molecule has 0 spiro atoms. The van der Waals surface area contributed by atoms with Crippen molar-refractivity contribution in [3.05, 3.63) is 34.4 Å². The lowest BCUT2D eigenvalue weighted by Crippen LogP contribution is -2.27. The third-order valence-electron chi connectivity index (χ3n) is 4.80. The van der Waals surface area contributed by atoms with Gasteiger partial charge in [0.1, 0.15) is 11.5 Å². The molecule has 0 saturated heterocycles. The van der Waals surface area contributed by atoms with Crippen LogP contribution in [0.25, 0.3) is 10.8 Å². The molecule has 4 heteroatoms. The molecule has 0 amide bonds. The van der Waals surface area contributed by atoms with Gasteiger partial charge in [0.15, 0.2) is 5.78 Å². The average Bonchev–Trinajstić information content (AvgIpc) is 2.46. The van der Waals surface area contributed by atoms with Crippen LogP contribution in [0.3, 0.4) is 0 Å². The van der Waals surface area contributed by atoms with E-state index in [0.29, 0.717) is 34.7 Å². The first kappa shape index (κ1) is 14.9. The van der Waals surface area contributed by atoms with Crippen LogP contribution in [-0.2, 0) is 12.0 Å². The fraction of sp³-hybridized carbons (Fsp3) is 0.389. The van der Waals surface area contributed by atoms with Crippen LogP contribution in [0.15, 0.2) is 12.1 Å². The minimum atomic E-state index is -0.388. The Kier molecular flexibility index (Phi) is 3.18. The van der Waals surface area contributed by atoms with Crippen LogP contribution in [-0.4, -0.2) is 21.1 Å². The van der Waals surface area contributed by atoms with Crippen molar-refractivity contribution < 1.29 is 20.1 Å². The molecule has 0 saturated carbocycles. The molecule has 0 unspecified atom stereocenters. The monoisotopic (exact) mass is 300 g/mol. The molecule has 116 valence electrons. The molecule has 2 aromatic rings. The molecule has 0 fully saturated rings. The predicted octanol–water partition coefficient (Wildman–Crippen LogP) is 3.31. The van der Waals surface area contributed by atoms with Crippen LogP contribution in [0.4, 0.5) is 0 Å². The summed E-state index contributed by atoms with van der Waals surface area (Å²) in [5.41, 5.74) is 1.65. The minimum Gasteiger partial charge on any atom is -0.507 e. The first-order valence-electron chi connectivity index (χ1n) is 7.44. The minimum absolute atomic E-state index is 0.0497. The molecule has 0 bridgehead atoms. The number of carbonyl (C=O) groups excluding carboxylic acids is 1. The number of rotatable bonds is 1. The molecule has 3 N–H and O–H groups in total. The summed E-state index contributed by atoms with van der Waals surface area (Å²) in [6.45, 7) is 5.51. The molecule has 0 radical (unpaired) electrons. The van der Waals surface area contributed by atoms with Gasteiger partial charge in [-0.1, -0.05) is 26.0 Å². The van der Waals surface area contributed by atoms with E-state index in [0.717, 1.165) is 5.56 Å². The second-order valence-corrected chi connectivity index (χ2v) is 6.70. The van der Waals surface area contributed by atoms with Gasteiger partial charge in [-0.15, -0.1) is 0 Å². The summed E-state index contributed by atoms with van der Waals surface area (Å²) in [5, 5.41) is 32.0. The summed E-state index contributed by atoms with van der Waals surface area (Å²) in [6, 6.07) is 3.51. The highest BCUT2D eigenvalue weighted by Crippen LogP contribution is 2.51. The lowest BCUT2D eigenvalue weighted by Gasteiger charge is -2.33. The van der Waals surface area contributed by atoms with Gasteiger partial charge in [-0.25, -0.2) is 0 Å². The third kappa shape index (κ3) is 1.83. The van der Waals surface area contributed by atoms with Crippen LogP contribution < -0.4 is 0 Å². The topological polar surface area (TPSA) is 77.8 Å². The number of hydrogen-bond acceptors (Lipinski definition) is 4. The second-order valence-electron chi connectivity index (χ2n) is 6.70. The van der Waals surface area contributed by atoms with E-state index >= 15 is 0 Å². The predicted molar refractivity (Wildman–Crippen MR) is 84.5 cm³/mol. The van der Waals surface area contributed by atoms with Crippen LogP contribution in [0, 0.1) is 6.92 Å². The number of ketones is 1. The van der Waals surface area contributed by atoms with Gasteiger partial charge in [-0.3, -0.25) is 4.79 Å². The van der Waals surface area contributed by atoms with Crippen molar-refractivity contribution in [3.8, 4) is 11.5 Å². The molecule has 1 aliphatic carbocycles. The lowest BCUT2D eigenvalue weighted by atomic mass is 9.70. The molecule has 4 nitrogen and oxygen atoms in total. The Morgan fingerprint density at radius 1 is 1.14 bits per heavy atom. The largest absolute Gasteiger partial charge is 0.507 e. The fourth-order valence-corrected chi connectivity index (χ4v) is 3.55. The van der Waals surface area contributed by atoms with Gasteiger partial charge in [0.2, 0.25) is 0 Å². The number of Topliss-reactive ketones (excluding diaryl/α,β-unsaturated/α-hetero) is 1. The Labute approximate surface area is 129 Å². The van der Waals surface area contributed by atoms with Crippen molar-refractivity contribution in [2.45, 2.75) is 45.6 Å². The maximum Gasteiger partial charge on any atom is 0.167 e. The van der Waals surface area contributed by atoms with E-state index in [2.05, 4.69) is 0 Å². The van der Waals surface area contributed by atoms with Crippen molar-refractivity contribution in [1.29, 1.82) is 0 Å². The molecular weight excluding hydrogens is 280 g/mol. The summed E-state index contributed by atoms with van der Waals surface area (Å²) in [7, 11) is 0. The Hall–Kier alpha value is -2.07. The zero-order valence-corrected chi connectivity index (χ0v) is 13.0. The van der Waals surface area contributed by atoms with Gasteiger partial charge in [0.25, 0.3) is 0 Å². The van der Waals surface area contributed by atoms with Crippen molar-refractivity contribution in [2.75, 3.05) is 0 Å². The summed E-state index contributed by atoms with van der Waals surface area (Å²) < 4.78 is 0. The lowest BCUT2D eigenvalue weighted by molar-refractivity contribution is 0.0952. The summed E-state index contributed by atoms with van der Waals surface area (Å²) >= 11 is 0. The van der Waals surface area contributed by atoms with Gasteiger partial charge >= 0.3 is 0 Å². The van der Waals surface area contributed by atoms with Crippen molar-refractivity contribution in [1.82, 2.24) is 0 Å². The highest BCUT2D eigenvalue weighted by atomic mass is 16.3. The fourth-order valence-electron chi connectivity index (χ4n) is 3.55. The summed E-state index contributed by atoms with van der Waals surface area (Å²) in [5.74, 6) is -0.226. The SMILES string of the molecule is Cc1ccc(CO)c2c(O)c3c(c(O)c12)C(C)(C)CCC3=O. The van der Waals surface area contributed by atoms with E-state index < -0.39 is 0 Å². The van der Waals surface area contributed by atoms with Crippen LogP contribution in [0.2, 0.25) is 0 Å². The molecule has 3 rings (SSSR count). The number of aliphatic hydroxyl groups excluding tert-OH is 1. The first-order valence-corrected chi connectivity index (χ1v) is 7.44. The summed E-state index contributed by atoms with van der Waals surface area (Å²) in [6.07, 6.45) is 0.981. The van der Waals surface area contributed by atoms with E-state index in [1.165, 1.54) is 0 Å². The molecule has 0 aromatic heterocycles. The van der Waals surface area contributed by atoms with Gasteiger partial charge in [0.05, 0.1) is 12.2 Å². The van der Waals surface area contributed by atoms with Gasteiger partial charge in [-0.2, -0.15) is 0 Å². The van der Waals surface area contributed by atoms with Crippen molar-refractivity contribution in [3.63, 3.8) is 0 Å². The van der Waals surface area contributed by atoms with Crippen LogP contribution in [0.5, 0.6) is 11.5 Å². The first-order chi connectivity index (χ1) is 10.3. The summed E-state index contributed by atoms with van der Waals surface area (Å²) in [4.78, 5) is 12.3. The quantitative estimate of drug-likeness (QED) is 0.706. The number of benzene rings is 2. The molecule has 22 heavy (non-hydrogen) atoms. The Morgan fingerprint density at radius 2 is 1.82 bits per heavy atom. The standard InChI is InChI=1S/C18H20O4/c1-9-4-5-10(8-19)13-12(9)17(22)15-14(16(13)21)11(20)6-7-18(15,2)3/h4-5,19,21-22H,6-8H2,1-3H3. The zero-order chi connectivity index (χ0) is 16.2. The third-order valence-corrected chi connectivity index (χ3v) is 4.80. The number of fused-ring (bicyclic) bond motifs is 2. The molecule has 0 aliphatic heterocycles. The van der Waals surface area contributed by atoms with Gasteiger partial charge < -0.3 is 15.3 Å².